The maximum Gasteiger partial charge on any atom is 0.135 e. The lowest BCUT2D eigenvalue weighted by molar-refractivity contribution is 0.436. The Bertz CT molecular complexity index is 6800. The van der Waals surface area contributed by atoms with Gasteiger partial charge < -0.3 is 28.1 Å². The minimum absolute atomic E-state index is 0.186. The number of furan rings is 2. The van der Waals surface area contributed by atoms with Crippen LogP contribution < -0.4 is 19.3 Å². The zero-order valence-electron chi connectivity index (χ0n) is 60.9. The summed E-state index contributed by atoms with van der Waals surface area (Å²) in [5.41, 5.74) is 12.2. The molecule has 0 N–H and O–H groups in total. The van der Waals surface area contributed by atoms with Gasteiger partial charge in [0.05, 0.1) is 10.8 Å². The van der Waals surface area contributed by atoms with E-state index in [2.05, 4.69) is 59.4 Å². The van der Waals surface area contributed by atoms with Crippen LogP contribution in [-0.4, -0.2) is 0 Å². The molecule has 6 nitrogen and oxygen atoms in total. The number of hydrogen-bond donors (Lipinski definition) is 0. The van der Waals surface area contributed by atoms with E-state index < -0.39 is 45.7 Å². The lowest BCUT2D eigenvalue weighted by atomic mass is 9.67. The molecule has 17 aromatic rings. The molecule has 0 bridgehead atoms. The fraction of sp³-hybridized carbons (Fsp3) is 0.0392. The van der Waals surface area contributed by atoms with E-state index in [1.54, 1.807) is 30.3 Å². The van der Waals surface area contributed by atoms with Crippen LogP contribution in [0.4, 0.5) is 60.5 Å². The van der Waals surface area contributed by atoms with Crippen LogP contribution in [0.3, 0.4) is 0 Å². The molecule has 3 unspecified atom stereocenters. The van der Waals surface area contributed by atoms with Crippen LogP contribution in [0.5, 0.6) is 17.2 Å². The fourth-order valence-corrected chi connectivity index (χ4v) is 17.6. The third kappa shape index (κ3) is 11.2. The molecular weight excluding hydrogens is 1430 g/mol. The highest BCUT2D eigenvalue weighted by Gasteiger charge is 2.52. The minimum atomic E-state index is -1.68. The molecule has 0 saturated heterocycles. The second-order valence-corrected chi connectivity index (χ2v) is 29.0. The van der Waals surface area contributed by atoms with Crippen LogP contribution in [0.1, 0.15) is 56.5 Å². The second kappa shape index (κ2) is 27.3. The molecular formula is C102H64F6N2O4. The summed E-state index contributed by atoms with van der Waals surface area (Å²) in [6.07, 6.45) is 10.3. The number of ether oxygens (including phenoxy) is 2. The number of anilines is 6. The van der Waals surface area contributed by atoms with Gasteiger partial charge in [-0.1, -0.05) is 183 Å². The number of rotatable bonds is 17. The Hall–Kier alpha value is -14.4. The van der Waals surface area contributed by atoms with Crippen LogP contribution in [0, 0.1) is 40.8 Å². The fourth-order valence-electron chi connectivity index (χ4n) is 17.6. The first-order chi connectivity index (χ1) is 55.8. The SMILES string of the molecule is C=Cc1ccc(Oc2ccc(C3(c4c(F)cc(F)cc4F)c4ccccc4-c4ccc(N(c5ccc(-c6ccc(N(c7ccc8c(c7)C(c7ccc(OC9=CCC(C=C)C=C9)cc7)(c7c(F)cc(F)cc7F)c7ccccc7-8)c7ccc8oc9ccccc9c8c7)cc6)cc5)c5ccc6oc7ccccc7c6c5)cc43)cc2)cc1. The monoisotopic (exact) mass is 1490 g/mol. The van der Waals surface area contributed by atoms with Gasteiger partial charge in [0, 0.05) is 91.1 Å². The molecule has 2 aromatic heterocycles. The molecule has 114 heavy (non-hydrogen) atoms. The highest BCUT2D eigenvalue weighted by atomic mass is 19.2. The first kappa shape index (κ1) is 68.9. The lowest BCUT2D eigenvalue weighted by Gasteiger charge is -2.35. The van der Waals surface area contributed by atoms with Gasteiger partial charge in [0.2, 0.25) is 0 Å². The summed E-state index contributed by atoms with van der Waals surface area (Å²) in [4.78, 5) is 4.23. The third-order valence-electron chi connectivity index (χ3n) is 22.7. The minimum Gasteiger partial charge on any atom is -0.458 e. The molecule has 0 aliphatic heterocycles. The van der Waals surface area contributed by atoms with Crippen molar-refractivity contribution in [2.45, 2.75) is 17.3 Å². The number of hydrogen-bond acceptors (Lipinski definition) is 6. The van der Waals surface area contributed by atoms with Crippen LogP contribution in [0.2, 0.25) is 0 Å². The van der Waals surface area contributed by atoms with Crippen molar-refractivity contribution in [1.82, 2.24) is 0 Å². The molecule has 0 amide bonds. The highest BCUT2D eigenvalue weighted by molar-refractivity contribution is 6.08. The van der Waals surface area contributed by atoms with E-state index in [0.717, 1.165) is 125 Å². The maximum absolute atomic E-state index is 17.4. The Labute approximate surface area is 652 Å². The van der Waals surface area contributed by atoms with Crippen LogP contribution in [-0.2, 0) is 10.8 Å². The van der Waals surface area contributed by atoms with Crippen molar-refractivity contribution in [2.24, 2.45) is 5.92 Å². The number of para-hydroxylation sites is 2. The van der Waals surface area contributed by atoms with Gasteiger partial charge in [-0.25, -0.2) is 26.3 Å². The molecule has 0 saturated carbocycles. The van der Waals surface area contributed by atoms with E-state index in [1.165, 1.54) is 0 Å². The number of nitrogens with zero attached hydrogens (tertiary/aromatic N) is 2. The van der Waals surface area contributed by atoms with Gasteiger partial charge in [-0.05, 0) is 230 Å². The summed E-state index contributed by atoms with van der Waals surface area (Å²) < 4.78 is 126. The molecule has 12 heteroatoms. The Balaban J connectivity index is 0.717. The first-order valence-electron chi connectivity index (χ1n) is 37.5. The zero-order chi connectivity index (χ0) is 77.1. The molecule has 2 heterocycles. The van der Waals surface area contributed by atoms with Gasteiger partial charge in [-0.15, -0.1) is 6.58 Å². The van der Waals surface area contributed by atoms with Crippen molar-refractivity contribution >= 4 is 84.1 Å². The highest BCUT2D eigenvalue weighted by Crippen LogP contribution is 2.61. The van der Waals surface area contributed by atoms with E-state index in [9.17, 15) is 0 Å². The van der Waals surface area contributed by atoms with Crippen molar-refractivity contribution in [3.63, 3.8) is 0 Å². The molecule has 0 radical (unpaired) electrons. The number of benzene rings is 15. The largest absolute Gasteiger partial charge is 0.458 e. The quantitative estimate of drug-likeness (QED) is 0.0669. The van der Waals surface area contributed by atoms with Crippen molar-refractivity contribution in [2.75, 3.05) is 9.80 Å². The van der Waals surface area contributed by atoms with Crippen molar-refractivity contribution < 1.29 is 44.7 Å². The summed E-state index contributed by atoms with van der Waals surface area (Å²) >= 11 is 0. The van der Waals surface area contributed by atoms with Crippen molar-refractivity contribution in [1.29, 1.82) is 0 Å². The van der Waals surface area contributed by atoms with E-state index >= 15 is 26.3 Å². The van der Waals surface area contributed by atoms with Crippen LogP contribution in [0.25, 0.3) is 83.3 Å². The normalized spacial score (nSPS) is 15.8. The zero-order valence-corrected chi connectivity index (χ0v) is 60.9. The topological polar surface area (TPSA) is 51.2 Å². The molecule has 0 spiro atoms. The first-order valence-corrected chi connectivity index (χ1v) is 37.5. The summed E-state index contributed by atoms with van der Waals surface area (Å²) in [7, 11) is 0. The number of allylic oxidation sites excluding steroid dienone is 4. The number of fused-ring (bicyclic) bond motifs is 12. The summed E-state index contributed by atoms with van der Waals surface area (Å²) in [5, 5.41) is 3.59. The van der Waals surface area contributed by atoms with E-state index in [-0.39, 0.29) is 17.0 Å². The summed E-state index contributed by atoms with van der Waals surface area (Å²) in [6.45, 7) is 7.81. The molecule has 3 atom stereocenters. The van der Waals surface area contributed by atoms with E-state index in [1.807, 2.05) is 255 Å². The van der Waals surface area contributed by atoms with E-state index in [0.29, 0.717) is 78.9 Å². The Morgan fingerprint density at radius 1 is 0.351 bits per heavy atom. The summed E-state index contributed by atoms with van der Waals surface area (Å²) in [5.74, 6) is -3.85. The summed E-state index contributed by atoms with van der Waals surface area (Å²) in [6, 6.07) is 96.3. The van der Waals surface area contributed by atoms with Crippen LogP contribution in [0.15, 0.2) is 368 Å². The van der Waals surface area contributed by atoms with Gasteiger partial charge in [0.1, 0.15) is 80.2 Å². The van der Waals surface area contributed by atoms with E-state index in [4.69, 9.17) is 18.3 Å². The molecule has 15 aromatic carbocycles. The van der Waals surface area contributed by atoms with Crippen molar-refractivity contribution in [3.8, 4) is 50.6 Å². The molecule has 3 aliphatic rings. The lowest BCUT2D eigenvalue weighted by Crippen LogP contribution is -2.31. The maximum atomic E-state index is 17.4. The molecule has 20 rings (SSSR count). The van der Waals surface area contributed by atoms with Gasteiger partial charge in [-0.2, -0.15) is 0 Å². The molecule has 548 valence electrons. The second-order valence-electron chi connectivity index (χ2n) is 29.0. The van der Waals surface area contributed by atoms with Crippen LogP contribution >= 0.6 is 0 Å². The van der Waals surface area contributed by atoms with Gasteiger partial charge in [0.25, 0.3) is 0 Å². The van der Waals surface area contributed by atoms with Gasteiger partial charge in [-0.3, -0.25) is 0 Å². The van der Waals surface area contributed by atoms with Gasteiger partial charge in [0.15, 0.2) is 0 Å². The Kier molecular flexibility index (Phi) is 16.5. The number of halogens is 6. The predicted octanol–water partition coefficient (Wildman–Crippen LogP) is 28.1. The Morgan fingerprint density at radius 2 is 0.728 bits per heavy atom. The molecule has 3 aliphatic carbocycles. The van der Waals surface area contributed by atoms with Gasteiger partial charge >= 0.3 is 0 Å². The smallest absolute Gasteiger partial charge is 0.135 e. The average molecular weight is 1500 g/mol. The predicted molar refractivity (Wildman–Crippen MR) is 443 cm³/mol. The molecule has 0 fully saturated rings. The average Bonchev–Trinajstić information content (AvgIpc) is 1.53. The standard InChI is InChI=1S/C102H64F6N2O4/c1-3-61-21-41-75(42-22-61)111-77-45-29-65(30-46-77)101(99-91(105)53-67(103)54-92(99)106)87-17-9-5-13-79(87)81-49-37-73(59-89(81)101)109(71-39-51-97-85(57-71)83-15-7-11-19-95(83)113-97)69-33-25-63(26-34-69)64-27-35-70(36-28-64)110(72-40-52-98-86(58-72)84-16-8-12-20-96(84)114-98)74-38-50-82-80-14-6-10-18-88(80)102(90(82)60-74,100-93(107)55-68(104)56-94(100)108)66-31-47-78(48-32-66)112-76-43-23-62(4-2)24-44-76/h3-23,25-60,62H,1-2,24H2. The Morgan fingerprint density at radius 3 is 1.16 bits per heavy atom. The van der Waals surface area contributed by atoms with Crippen molar-refractivity contribution in [3.05, 3.63) is 444 Å². The third-order valence-corrected chi connectivity index (χ3v) is 22.7.